The fourth-order valence-corrected chi connectivity index (χ4v) is 5.34. The highest BCUT2D eigenvalue weighted by atomic mass is 32.1. The van der Waals surface area contributed by atoms with Gasteiger partial charge >= 0.3 is 5.97 Å². The topological polar surface area (TPSA) is 93.5 Å². The zero-order chi connectivity index (χ0) is 22.7. The monoisotopic (exact) mass is 458 g/mol. The first-order valence-corrected chi connectivity index (χ1v) is 12.1. The number of carbonyl (C=O) groups excluding carboxylic acids is 3. The number of methoxy groups -OCH3 is 1. The molecule has 2 amide bonds. The van der Waals surface area contributed by atoms with Gasteiger partial charge in [0, 0.05) is 23.5 Å². The molecular weight excluding hydrogens is 428 g/mol. The molecule has 1 saturated carbocycles. The van der Waals surface area contributed by atoms with Gasteiger partial charge in [-0.2, -0.15) is 5.10 Å². The highest BCUT2D eigenvalue weighted by molar-refractivity contribution is 7.09. The Morgan fingerprint density at radius 2 is 2.03 bits per heavy atom. The summed E-state index contributed by atoms with van der Waals surface area (Å²) < 4.78 is 6.24. The molecule has 0 spiro atoms. The van der Waals surface area contributed by atoms with E-state index in [4.69, 9.17) is 4.74 Å². The maximum Gasteiger partial charge on any atom is 0.358 e. The SMILES string of the molecule is COC(=O)c1cc2n(n1)C[C@@](C)(C(=O)NC1CCCCCC1)N(CCc1cccs1)C2=O. The van der Waals surface area contributed by atoms with Gasteiger partial charge in [-0.05, 0) is 37.6 Å². The molecule has 8 nitrogen and oxygen atoms in total. The Bertz CT molecular complexity index is 978. The Kier molecular flexibility index (Phi) is 6.64. The molecule has 0 saturated heterocycles. The number of carbonyl (C=O) groups is 3. The van der Waals surface area contributed by atoms with Gasteiger partial charge in [0.15, 0.2) is 5.69 Å². The van der Waals surface area contributed by atoms with Gasteiger partial charge in [-0.15, -0.1) is 11.3 Å². The number of nitrogens with one attached hydrogen (secondary N) is 1. The second kappa shape index (κ2) is 9.44. The minimum Gasteiger partial charge on any atom is -0.464 e. The van der Waals surface area contributed by atoms with Crippen molar-refractivity contribution in [1.82, 2.24) is 20.0 Å². The molecule has 1 aliphatic heterocycles. The third-order valence-electron chi connectivity index (χ3n) is 6.53. The summed E-state index contributed by atoms with van der Waals surface area (Å²) in [5.74, 6) is -1.06. The second-order valence-electron chi connectivity index (χ2n) is 8.79. The Morgan fingerprint density at radius 1 is 1.28 bits per heavy atom. The first-order chi connectivity index (χ1) is 15.4. The lowest BCUT2D eigenvalue weighted by Crippen LogP contribution is -2.65. The number of aromatic nitrogens is 2. The van der Waals surface area contributed by atoms with Gasteiger partial charge in [-0.3, -0.25) is 14.3 Å². The van der Waals surface area contributed by atoms with Crippen LogP contribution in [0.3, 0.4) is 0 Å². The smallest absolute Gasteiger partial charge is 0.358 e. The van der Waals surface area contributed by atoms with Crippen molar-refractivity contribution in [3.8, 4) is 0 Å². The zero-order valence-electron chi connectivity index (χ0n) is 18.6. The van der Waals surface area contributed by atoms with Crippen molar-refractivity contribution in [3.63, 3.8) is 0 Å². The Morgan fingerprint density at radius 3 is 2.69 bits per heavy atom. The lowest BCUT2D eigenvalue weighted by atomic mass is 9.93. The van der Waals surface area contributed by atoms with E-state index in [-0.39, 0.29) is 30.1 Å². The fraction of sp³-hybridized carbons (Fsp3) is 0.565. The van der Waals surface area contributed by atoms with Crippen LogP contribution in [0.25, 0.3) is 0 Å². The van der Waals surface area contributed by atoms with E-state index >= 15 is 0 Å². The molecule has 2 aromatic rings. The van der Waals surface area contributed by atoms with Crippen LogP contribution in [-0.4, -0.2) is 57.7 Å². The molecule has 1 N–H and O–H groups in total. The average molecular weight is 459 g/mol. The van der Waals surface area contributed by atoms with E-state index in [1.165, 1.54) is 30.7 Å². The van der Waals surface area contributed by atoms with Crippen molar-refractivity contribution in [3.05, 3.63) is 39.8 Å². The molecule has 1 fully saturated rings. The highest BCUT2D eigenvalue weighted by Gasteiger charge is 2.48. The van der Waals surface area contributed by atoms with Crippen LogP contribution >= 0.6 is 11.3 Å². The Labute approximate surface area is 191 Å². The summed E-state index contributed by atoms with van der Waals surface area (Å²) in [5, 5.41) is 9.50. The Hall–Kier alpha value is -2.68. The zero-order valence-corrected chi connectivity index (χ0v) is 19.5. The number of rotatable bonds is 6. The van der Waals surface area contributed by atoms with Crippen molar-refractivity contribution in [2.45, 2.75) is 70.0 Å². The van der Waals surface area contributed by atoms with Crippen molar-refractivity contribution in [2.24, 2.45) is 0 Å². The summed E-state index contributed by atoms with van der Waals surface area (Å²) in [6, 6.07) is 5.59. The van der Waals surface area contributed by atoms with Gasteiger partial charge in [0.25, 0.3) is 5.91 Å². The number of nitrogens with zero attached hydrogens (tertiary/aromatic N) is 3. The Balaban J connectivity index is 1.62. The molecule has 0 radical (unpaired) electrons. The van der Waals surface area contributed by atoms with Gasteiger partial charge < -0.3 is 15.0 Å². The largest absolute Gasteiger partial charge is 0.464 e. The third kappa shape index (κ3) is 4.44. The number of amides is 2. The van der Waals surface area contributed by atoms with E-state index in [0.717, 1.165) is 30.6 Å². The predicted molar refractivity (Wildman–Crippen MR) is 121 cm³/mol. The molecule has 172 valence electrons. The van der Waals surface area contributed by atoms with Crippen LogP contribution in [-0.2, 0) is 22.5 Å². The lowest BCUT2D eigenvalue weighted by molar-refractivity contribution is -0.133. The number of hydrogen-bond acceptors (Lipinski definition) is 6. The van der Waals surface area contributed by atoms with E-state index < -0.39 is 11.5 Å². The molecule has 2 aliphatic rings. The molecule has 1 atom stereocenters. The van der Waals surface area contributed by atoms with Crippen LogP contribution in [0.2, 0.25) is 0 Å². The van der Waals surface area contributed by atoms with Gasteiger partial charge in [0.1, 0.15) is 11.2 Å². The molecule has 0 unspecified atom stereocenters. The summed E-state index contributed by atoms with van der Waals surface area (Å²) >= 11 is 1.63. The molecule has 32 heavy (non-hydrogen) atoms. The first-order valence-electron chi connectivity index (χ1n) is 11.2. The summed E-state index contributed by atoms with van der Waals surface area (Å²) in [7, 11) is 1.28. The normalized spacial score (nSPS) is 21.7. The molecule has 4 rings (SSSR count). The highest BCUT2D eigenvalue weighted by Crippen LogP contribution is 2.29. The van der Waals surface area contributed by atoms with E-state index in [0.29, 0.717) is 18.7 Å². The van der Waals surface area contributed by atoms with Crippen molar-refractivity contribution in [1.29, 1.82) is 0 Å². The lowest BCUT2D eigenvalue weighted by Gasteiger charge is -2.43. The first kappa shape index (κ1) is 22.5. The second-order valence-corrected chi connectivity index (χ2v) is 9.82. The minimum absolute atomic E-state index is 0.0717. The van der Waals surface area contributed by atoms with Crippen LogP contribution in [0.5, 0.6) is 0 Å². The van der Waals surface area contributed by atoms with Crippen molar-refractivity contribution < 1.29 is 19.1 Å². The van der Waals surface area contributed by atoms with Crippen LogP contribution in [0.4, 0.5) is 0 Å². The minimum atomic E-state index is -1.10. The summed E-state index contributed by atoms with van der Waals surface area (Å²) in [4.78, 5) is 41.9. The van der Waals surface area contributed by atoms with Crippen molar-refractivity contribution in [2.75, 3.05) is 13.7 Å². The van der Waals surface area contributed by atoms with Crippen LogP contribution in [0, 0.1) is 0 Å². The summed E-state index contributed by atoms with van der Waals surface area (Å²) in [6.45, 7) is 2.40. The van der Waals surface area contributed by atoms with Crippen LogP contribution < -0.4 is 5.32 Å². The van der Waals surface area contributed by atoms with Gasteiger partial charge in [0.2, 0.25) is 5.91 Å². The van der Waals surface area contributed by atoms with Gasteiger partial charge in [-0.1, -0.05) is 31.7 Å². The van der Waals surface area contributed by atoms with E-state index in [2.05, 4.69) is 10.4 Å². The fourth-order valence-electron chi connectivity index (χ4n) is 4.64. The van der Waals surface area contributed by atoms with E-state index in [1.54, 1.807) is 23.2 Å². The van der Waals surface area contributed by atoms with Gasteiger partial charge in [0.05, 0.1) is 13.7 Å². The quantitative estimate of drug-likeness (QED) is 0.531. The molecule has 1 aliphatic carbocycles. The number of hydrogen-bond donors (Lipinski definition) is 1. The van der Waals surface area contributed by atoms with Crippen molar-refractivity contribution >= 4 is 29.1 Å². The number of esters is 1. The summed E-state index contributed by atoms with van der Waals surface area (Å²) in [6.07, 6.45) is 7.19. The standard InChI is InChI=1S/C23H30N4O4S/c1-23(22(30)24-16-8-5-3-4-6-9-16)15-27-19(14-18(25-27)21(29)31-2)20(28)26(23)12-11-17-10-7-13-32-17/h7,10,13-14,16H,3-6,8-9,11-12,15H2,1-2H3,(H,24,30)/t23-/m0/s1. The molecule has 0 bridgehead atoms. The average Bonchev–Trinajstić information content (AvgIpc) is 3.38. The molecular formula is C23H30N4O4S. The van der Waals surface area contributed by atoms with E-state index in [1.807, 2.05) is 17.5 Å². The van der Waals surface area contributed by atoms with Crippen LogP contribution in [0.15, 0.2) is 23.6 Å². The molecule has 2 aromatic heterocycles. The third-order valence-corrected chi connectivity index (χ3v) is 7.47. The number of fused-ring (bicyclic) bond motifs is 1. The molecule has 9 heteroatoms. The maximum absolute atomic E-state index is 13.6. The van der Waals surface area contributed by atoms with E-state index in [9.17, 15) is 14.4 Å². The van der Waals surface area contributed by atoms with Gasteiger partial charge in [-0.25, -0.2) is 4.79 Å². The number of thiophene rings is 1. The summed E-state index contributed by atoms with van der Waals surface area (Å²) in [5.41, 5.74) is -0.730. The molecule has 0 aromatic carbocycles. The maximum atomic E-state index is 13.6. The predicted octanol–water partition coefficient (Wildman–Crippen LogP) is 3.03. The van der Waals surface area contributed by atoms with Crippen LogP contribution in [0.1, 0.15) is 71.3 Å². The number of ether oxygens (including phenoxy) is 1. The molecule has 3 heterocycles.